The maximum Gasteiger partial charge on any atom is 0.222 e. The third-order valence-corrected chi connectivity index (χ3v) is 7.04. The number of nitrogens with zero attached hydrogens (tertiary/aromatic N) is 4. The van der Waals surface area contributed by atoms with Gasteiger partial charge in [-0.15, -0.1) is 0 Å². The van der Waals surface area contributed by atoms with Crippen LogP contribution in [0.2, 0.25) is 0 Å². The van der Waals surface area contributed by atoms with Crippen molar-refractivity contribution in [1.29, 1.82) is 0 Å². The molecule has 2 fully saturated rings. The molecule has 0 radical (unpaired) electrons. The summed E-state index contributed by atoms with van der Waals surface area (Å²) in [6, 6.07) is 8.36. The van der Waals surface area contributed by atoms with Crippen LogP contribution in [0, 0.1) is 0 Å². The van der Waals surface area contributed by atoms with Crippen molar-refractivity contribution in [2.24, 2.45) is 0 Å². The number of aromatic nitrogens is 1. The lowest BCUT2D eigenvalue weighted by Gasteiger charge is -2.49. The lowest BCUT2D eigenvalue weighted by atomic mass is 9.86. The monoisotopic (exact) mass is 358 g/mol. The number of carbonyl (C=O) groups is 1. The van der Waals surface area contributed by atoms with E-state index in [2.05, 4.69) is 42.0 Å². The number of likely N-dealkylation sites (tertiary alicyclic amines) is 1. The summed E-state index contributed by atoms with van der Waals surface area (Å²) in [5, 5.41) is 1.12. The van der Waals surface area contributed by atoms with E-state index >= 15 is 0 Å². The molecule has 2 aromatic rings. The van der Waals surface area contributed by atoms with Gasteiger partial charge in [-0.3, -0.25) is 9.69 Å². The van der Waals surface area contributed by atoms with Gasteiger partial charge in [0.2, 0.25) is 5.91 Å². The first-order chi connectivity index (χ1) is 12.1. The van der Waals surface area contributed by atoms with Gasteiger partial charge in [0.05, 0.1) is 10.2 Å². The van der Waals surface area contributed by atoms with Crippen molar-refractivity contribution in [3.63, 3.8) is 0 Å². The van der Waals surface area contributed by atoms with Gasteiger partial charge in [-0.05, 0) is 38.9 Å². The fourth-order valence-electron chi connectivity index (χ4n) is 4.19. The van der Waals surface area contributed by atoms with Crippen molar-refractivity contribution >= 4 is 32.6 Å². The van der Waals surface area contributed by atoms with E-state index in [0.29, 0.717) is 12.3 Å². The number of benzene rings is 1. The van der Waals surface area contributed by atoms with Crippen LogP contribution in [0.5, 0.6) is 0 Å². The molecule has 2 aliphatic rings. The first-order valence-corrected chi connectivity index (χ1v) is 10.0. The Hall–Kier alpha value is -1.66. The van der Waals surface area contributed by atoms with E-state index in [1.807, 2.05) is 11.0 Å². The van der Waals surface area contributed by atoms with Gasteiger partial charge in [0, 0.05) is 44.7 Å². The number of hydrogen-bond acceptors (Lipinski definition) is 5. The molecule has 4 rings (SSSR count). The normalized spacial score (nSPS) is 25.8. The molecule has 0 unspecified atom stereocenters. The fraction of sp³-hybridized carbons (Fsp3) is 0.579. The predicted molar refractivity (Wildman–Crippen MR) is 103 cm³/mol. The standard InChI is InChI=1S/C19H26N4OS/c1-3-22-11-10-19(9-8-17(22)24)14-23(13-12-21(19)2)18-20-15-6-4-5-7-16(15)25-18/h4-7H,3,8-14H2,1-2H3/t19-/m1/s1. The molecule has 3 heterocycles. The molecule has 1 atom stereocenters. The molecule has 5 nitrogen and oxygen atoms in total. The molecule has 2 saturated heterocycles. The van der Waals surface area contributed by atoms with Gasteiger partial charge in [-0.2, -0.15) is 0 Å². The van der Waals surface area contributed by atoms with E-state index in [0.717, 1.165) is 56.2 Å². The summed E-state index contributed by atoms with van der Waals surface area (Å²) in [6.45, 7) is 6.76. The van der Waals surface area contributed by atoms with Crippen LogP contribution in [0.3, 0.4) is 0 Å². The number of likely N-dealkylation sites (N-methyl/N-ethyl adjacent to an activating group) is 1. The van der Waals surface area contributed by atoms with E-state index in [1.54, 1.807) is 11.3 Å². The minimum atomic E-state index is 0.0791. The highest BCUT2D eigenvalue weighted by Gasteiger charge is 2.42. The average molecular weight is 359 g/mol. The summed E-state index contributed by atoms with van der Waals surface area (Å²) in [5.74, 6) is 0.310. The van der Waals surface area contributed by atoms with E-state index in [9.17, 15) is 4.79 Å². The van der Waals surface area contributed by atoms with Gasteiger partial charge in [-0.25, -0.2) is 4.98 Å². The molecular formula is C19H26N4OS. The Morgan fingerprint density at radius 2 is 2.04 bits per heavy atom. The highest BCUT2D eigenvalue weighted by molar-refractivity contribution is 7.22. The van der Waals surface area contributed by atoms with Crippen molar-refractivity contribution in [2.75, 3.05) is 44.7 Å². The second-order valence-electron chi connectivity index (χ2n) is 7.26. The molecule has 1 aromatic carbocycles. The van der Waals surface area contributed by atoms with Crippen LogP contribution >= 0.6 is 11.3 Å². The van der Waals surface area contributed by atoms with Crippen LogP contribution in [0.1, 0.15) is 26.2 Å². The number of hydrogen-bond donors (Lipinski definition) is 0. The zero-order valence-electron chi connectivity index (χ0n) is 15.1. The van der Waals surface area contributed by atoms with Crippen molar-refractivity contribution in [1.82, 2.24) is 14.8 Å². The Balaban J connectivity index is 1.59. The average Bonchev–Trinajstić information content (AvgIpc) is 2.99. The third kappa shape index (κ3) is 3.02. The molecule has 0 bridgehead atoms. The minimum Gasteiger partial charge on any atom is -0.345 e. The van der Waals surface area contributed by atoms with Crippen LogP contribution in [-0.2, 0) is 4.79 Å². The number of piperazine rings is 1. The number of carbonyl (C=O) groups excluding carboxylic acids is 1. The van der Waals surface area contributed by atoms with Gasteiger partial charge in [0.15, 0.2) is 5.13 Å². The molecule has 1 spiro atoms. The molecule has 0 saturated carbocycles. The number of thiazole rings is 1. The first kappa shape index (κ1) is 16.8. The van der Waals surface area contributed by atoms with Crippen LogP contribution in [0.25, 0.3) is 10.2 Å². The second-order valence-corrected chi connectivity index (χ2v) is 8.26. The number of anilines is 1. The first-order valence-electron chi connectivity index (χ1n) is 9.21. The highest BCUT2D eigenvalue weighted by Crippen LogP contribution is 2.36. The molecule has 1 amide bonds. The molecule has 6 heteroatoms. The number of para-hydroxylation sites is 1. The van der Waals surface area contributed by atoms with E-state index in [4.69, 9.17) is 4.98 Å². The zero-order valence-corrected chi connectivity index (χ0v) is 15.9. The van der Waals surface area contributed by atoms with Gasteiger partial charge >= 0.3 is 0 Å². The molecule has 134 valence electrons. The highest BCUT2D eigenvalue weighted by atomic mass is 32.1. The summed E-state index contributed by atoms with van der Waals surface area (Å²) < 4.78 is 1.25. The molecule has 0 aliphatic carbocycles. The lowest BCUT2D eigenvalue weighted by molar-refractivity contribution is -0.130. The number of amides is 1. The maximum absolute atomic E-state index is 12.3. The summed E-state index contributed by atoms with van der Waals surface area (Å²) in [6.07, 6.45) is 2.65. The topological polar surface area (TPSA) is 39.7 Å². The Morgan fingerprint density at radius 1 is 1.20 bits per heavy atom. The van der Waals surface area contributed by atoms with E-state index < -0.39 is 0 Å². The Kier molecular flexibility index (Phi) is 4.41. The fourth-order valence-corrected chi connectivity index (χ4v) is 5.18. The maximum atomic E-state index is 12.3. The van der Waals surface area contributed by atoms with Gasteiger partial charge in [0.1, 0.15) is 0 Å². The summed E-state index contributed by atoms with van der Waals surface area (Å²) >= 11 is 1.78. The molecule has 25 heavy (non-hydrogen) atoms. The molecule has 1 aromatic heterocycles. The van der Waals surface area contributed by atoms with Crippen LogP contribution < -0.4 is 4.90 Å². The largest absolute Gasteiger partial charge is 0.345 e. The Morgan fingerprint density at radius 3 is 2.84 bits per heavy atom. The van der Waals surface area contributed by atoms with E-state index in [-0.39, 0.29) is 5.54 Å². The quantitative estimate of drug-likeness (QED) is 0.828. The van der Waals surface area contributed by atoms with Crippen LogP contribution in [-0.4, -0.2) is 66.0 Å². The minimum absolute atomic E-state index is 0.0791. The van der Waals surface area contributed by atoms with Crippen molar-refractivity contribution in [3.8, 4) is 0 Å². The van der Waals surface area contributed by atoms with Crippen molar-refractivity contribution in [3.05, 3.63) is 24.3 Å². The van der Waals surface area contributed by atoms with Gasteiger partial charge in [0.25, 0.3) is 0 Å². The molecule has 0 N–H and O–H groups in total. The van der Waals surface area contributed by atoms with Crippen molar-refractivity contribution < 1.29 is 4.79 Å². The summed E-state index contributed by atoms with van der Waals surface area (Å²) in [5.41, 5.74) is 1.17. The molecular weight excluding hydrogens is 332 g/mol. The summed E-state index contributed by atoms with van der Waals surface area (Å²) in [4.78, 5) is 24.1. The van der Waals surface area contributed by atoms with Crippen LogP contribution in [0.15, 0.2) is 24.3 Å². The number of rotatable bonds is 2. The third-order valence-electron chi connectivity index (χ3n) is 5.94. The van der Waals surface area contributed by atoms with Gasteiger partial charge < -0.3 is 9.80 Å². The molecule has 2 aliphatic heterocycles. The SMILES string of the molecule is CCN1CC[C@]2(CCC1=O)CN(c1nc3ccccc3s1)CCN2C. The van der Waals surface area contributed by atoms with E-state index in [1.165, 1.54) is 4.70 Å². The van der Waals surface area contributed by atoms with Crippen LogP contribution in [0.4, 0.5) is 5.13 Å². The van der Waals surface area contributed by atoms with Crippen molar-refractivity contribution in [2.45, 2.75) is 31.7 Å². The number of fused-ring (bicyclic) bond motifs is 1. The zero-order chi connectivity index (χ0) is 17.4. The van der Waals surface area contributed by atoms with Gasteiger partial charge in [-0.1, -0.05) is 23.5 Å². The Labute approximate surface area is 153 Å². The second kappa shape index (κ2) is 6.57. The lowest BCUT2D eigenvalue weighted by Crippen LogP contribution is -2.61. The predicted octanol–water partition coefficient (Wildman–Crippen LogP) is 2.82. The smallest absolute Gasteiger partial charge is 0.222 e. The Bertz CT molecular complexity index is 743. The summed E-state index contributed by atoms with van der Waals surface area (Å²) in [7, 11) is 2.22.